The monoisotopic (exact) mass is 394 g/mol. The van der Waals surface area contributed by atoms with Crippen molar-refractivity contribution in [3.63, 3.8) is 0 Å². The number of likely N-dealkylation sites (tertiary alicyclic amines) is 1. The first-order valence-electron chi connectivity index (χ1n) is 10.9. The number of ether oxygens (including phenoxy) is 1. The molecule has 4 fully saturated rings. The van der Waals surface area contributed by atoms with Crippen LogP contribution in [0.5, 0.6) is 0 Å². The lowest BCUT2D eigenvalue weighted by Gasteiger charge is -2.45. The van der Waals surface area contributed by atoms with Crippen molar-refractivity contribution in [2.24, 2.45) is 0 Å². The Morgan fingerprint density at radius 1 is 1.18 bits per heavy atom. The normalized spacial score (nSPS) is 34.9. The first-order chi connectivity index (χ1) is 13.5. The average molecular weight is 395 g/mol. The lowest BCUT2D eigenvalue weighted by molar-refractivity contribution is -0.120. The fourth-order valence-corrected chi connectivity index (χ4v) is 5.61. The Morgan fingerprint density at radius 3 is 2.68 bits per heavy atom. The SMILES string of the molecule is CCOC(=O)ON1CCC(C)(N2CCC(N3C(=O)N[C@H]4CCCC[C@@H]43)CC2)C1. The van der Waals surface area contributed by atoms with Crippen molar-refractivity contribution in [3.05, 3.63) is 0 Å². The van der Waals surface area contributed by atoms with Gasteiger partial charge < -0.3 is 19.8 Å². The minimum Gasteiger partial charge on any atom is -0.433 e. The van der Waals surface area contributed by atoms with E-state index in [0.29, 0.717) is 31.3 Å². The number of piperidine rings is 1. The molecule has 1 unspecified atom stereocenters. The fourth-order valence-electron chi connectivity index (χ4n) is 5.61. The summed E-state index contributed by atoms with van der Waals surface area (Å²) < 4.78 is 4.88. The predicted octanol–water partition coefficient (Wildman–Crippen LogP) is 2.34. The standard InChI is InChI=1S/C20H34N4O4/c1-3-27-19(26)28-23-13-10-20(2,14-23)22-11-8-15(9-12-22)24-17-7-5-4-6-16(17)21-18(24)25/h15-17H,3-14H2,1-2H3,(H,21,25)/t16-,17-,20?/m0/s1. The van der Waals surface area contributed by atoms with Crippen LogP contribution in [0.1, 0.15) is 58.8 Å². The molecule has 4 rings (SSSR count). The van der Waals surface area contributed by atoms with E-state index >= 15 is 0 Å². The topological polar surface area (TPSA) is 74.4 Å². The van der Waals surface area contributed by atoms with Crippen LogP contribution in [-0.4, -0.2) is 83.5 Å². The zero-order valence-corrected chi connectivity index (χ0v) is 17.2. The number of urea groups is 1. The molecule has 0 aromatic rings. The maximum absolute atomic E-state index is 12.6. The minimum absolute atomic E-state index is 0.00188. The summed E-state index contributed by atoms with van der Waals surface area (Å²) in [6.07, 6.45) is 7.12. The van der Waals surface area contributed by atoms with E-state index in [2.05, 4.69) is 22.0 Å². The van der Waals surface area contributed by atoms with Crippen LogP contribution in [-0.2, 0) is 9.57 Å². The van der Waals surface area contributed by atoms with Gasteiger partial charge in [0, 0.05) is 31.2 Å². The van der Waals surface area contributed by atoms with E-state index in [0.717, 1.165) is 51.7 Å². The highest BCUT2D eigenvalue weighted by Gasteiger charge is 2.47. The molecule has 0 aromatic heterocycles. The summed E-state index contributed by atoms with van der Waals surface area (Å²) in [6, 6.07) is 1.26. The molecule has 8 heteroatoms. The molecule has 1 N–H and O–H groups in total. The molecule has 4 aliphatic rings. The van der Waals surface area contributed by atoms with Gasteiger partial charge in [0.25, 0.3) is 0 Å². The molecule has 0 radical (unpaired) electrons. The number of hydroxylamine groups is 2. The number of carbonyl (C=O) groups is 2. The van der Waals surface area contributed by atoms with E-state index in [9.17, 15) is 9.59 Å². The molecular formula is C20H34N4O4. The summed E-state index contributed by atoms with van der Waals surface area (Å²) in [5.41, 5.74) is -0.00188. The van der Waals surface area contributed by atoms with E-state index in [1.165, 1.54) is 12.8 Å². The third kappa shape index (κ3) is 3.81. The molecule has 3 saturated heterocycles. The molecule has 3 aliphatic heterocycles. The summed E-state index contributed by atoms with van der Waals surface area (Å²) in [5.74, 6) is 0. The summed E-state index contributed by atoms with van der Waals surface area (Å²) in [4.78, 5) is 34.1. The Bertz CT molecular complexity index is 595. The molecule has 0 bridgehead atoms. The highest BCUT2D eigenvalue weighted by molar-refractivity contribution is 5.78. The van der Waals surface area contributed by atoms with Gasteiger partial charge in [-0.05, 0) is 46.0 Å². The lowest BCUT2D eigenvalue weighted by atomic mass is 9.88. The van der Waals surface area contributed by atoms with Crippen LogP contribution in [0.25, 0.3) is 0 Å². The van der Waals surface area contributed by atoms with Crippen molar-refractivity contribution in [2.75, 3.05) is 32.8 Å². The van der Waals surface area contributed by atoms with Crippen LogP contribution in [0, 0.1) is 0 Å². The molecule has 3 heterocycles. The Balaban J connectivity index is 1.30. The van der Waals surface area contributed by atoms with Gasteiger partial charge in [0.05, 0.1) is 25.2 Å². The molecule has 28 heavy (non-hydrogen) atoms. The third-order valence-corrected chi connectivity index (χ3v) is 7.13. The van der Waals surface area contributed by atoms with Crippen LogP contribution in [0.15, 0.2) is 0 Å². The van der Waals surface area contributed by atoms with Crippen molar-refractivity contribution in [1.82, 2.24) is 20.2 Å². The molecule has 158 valence electrons. The van der Waals surface area contributed by atoms with Gasteiger partial charge in [-0.1, -0.05) is 12.8 Å². The van der Waals surface area contributed by atoms with Gasteiger partial charge >= 0.3 is 12.2 Å². The van der Waals surface area contributed by atoms with Gasteiger partial charge in [-0.3, -0.25) is 4.90 Å². The van der Waals surface area contributed by atoms with Crippen LogP contribution < -0.4 is 5.32 Å². The maximum Gasteiger partial charge on any atom is 0.527 e. The van der Waals surface area contributed by atoms with Gasteiger partial charge in [0.2, 0.25) is 0 Å². The van der Waals surface area contributed by atoms with Crippen LogP contribution in [0.4, 0.5) is 9.59 Å². The van der Waals surface area contributed by atoms with E-state index in [1.807, 2.05) is 0 Å². The largest absolute Gasteiger partial charge is 0.527 e. The fraction of sp³-hybridized carbons (Fsp3) is 0.900. The van der Waals surface area contributed by atoms with Crippen LogP contribution >= 0.6 is 0 Å². The average Bonchev–Trinajstić information content (AvgIpc) is 3.22. The van der Waals surface area contributed by atoms with Gasteiger partial charge in [0.1, 0.15) is 0 Å². The van der Waals surface area contributed by atoms with Crippen molar-refractivity contribution >= 4 is 12.2 Å². The highest BCUT2D eigenvalue weighted by Crippen LogP contribution is 2.35. The highest BCUT2D eigenvalue weighted by atomic mass is 16.8. The number of hydrogen-bond acceptors (Lipinski definition) is 6. The maximum atomic E-state index is 12.6. The molecule has 2 amide bonds. The summed E-state index contributed by atoms with van der Waals surface area (Å²) in [6.45, 7) is 7.74. The van der Waals surface area contributed by atoms with Crippen LogP contribution in [0.3, 0.4) is 0 Å². The van der Waals surface area contributed by atoms with Gasteiger partial charge in [0.15, 0.2) is 0 Å². The Labute approximate surface area is 167 Å². The molecule has 0 spiro atoms. The number of fused-ring (bicyclic) bond motifs is 1. The molecule has 3 atom stereocenters. The number of amides is 2. The van der Waals surface area contributed by atoms with Gasteiger partial charge in [-0.15, -0.1) is 5.06 Å². The predicted molar refractivity (Wildman–Crippen MR) is 104 cm³/mol. The molecule has 8 nitrogen and oxygen atoms in total. The minimum atomic E-state index is -0.618. The van der Waals surface area contributed by atoms with Gasteiger partial charge in [-0.25, -0.2) is 9.59 Å². The summed E-state index contributed by atoms with van der Waals surface area (Å²) >= 11 is 0. The summed E-state index contributed by atoms with van der Waals surface area (Å²) in [5, 5.41) is 4.94. The molecular weight excluding hydrogens is 360 g/mol. The second kappa shape index (κ2) is 8.06. The number of nitrogens with one attached hydrogen (secondary N) is 1. The lowest BCUT2D eigenvalue weighted by Crippen LogP contribution is -2.56. The zero-order valence-electron chi connectivity index (χ0n) is 17.2. The zero-order chi connectivity index (χ0) is 19.7. The van der Waals surface area contributed by atoms with Crippen LogP contribution in [0.2, 0.25) is 0 Å². The molecule has 1 aliphatic carbocycles. The number of nitrogens with zero attached hydrogens (tertiary/aromatic N) is 3. The number of rotatable bonds is 4. The molecule has 0 aromatic carbocycles. The summed E-state index contributed by atoms with van der Waals surface area (Å²) in [7, 11) is 0. The number of hydrogen-bond donors (Lipinski definition) is 1. The van der Waals surface area contributed by atoms with Crippen molar-refractivity contribution in [2.45, 2.75) is 82.5 Å². The van der Waals surface area contributed by atoms with Gasteiger partial charge in [-0.2, -0.15) is 0 Å². The van der Waals surface area contributed by atoms with Crippen molar-refractivity contribution < 1.29 is 19.2 Å². The second-order valence-electron chi connectivity index (χ2n) is 8.92. The Kier molecular flexibility index (Phi) is 5.69. The number of carbonyl (C=O) groups excluding carboxylic acids is 2. The smallest absolute Gasteiger partial charge is 0.433 e. The van der Waals surface area contributed by atoms with E-state index in [4.69, 9.17) is 9.57 Å². The van der Waals surface area contributed by atoms with E-state index in [1.54, 1.807) is 12.0 Å². The third-order valence-electron chi connectivity index (χ3n) is 7.13. The second-order valence-corrected chi connectivity index (χ2v) is 8.92. The van der Waals surface area contributed by atoms with Crippen molar-refractivity contribution in [3.8, 4) is 0 Å². The first-order valence-corrected chi connectivity index (χ1v) is 10.9. The van der Waals surface area contributed by atoms with Crippen molar-refractivity contribution in [1.29, 1.82) is 0 Å². The Morgan fingerprint density at radius 2 is 1.93 bits per heavy atom. The van der Waals surface area contributed by atoms with E-state index in [-0.39, 0.29) is 11.6 Å². The Hall–Kier alpha value is -1.54. The van der Waals surface area contributed by atoms with E-state index < -0.39 is 6.16 Å². The first kappa shape index (κ1) is 19.8. The molecule has 1 saturated carbocycles. The quantitative estimate of drug-likeness (QED) is 0.738.